The van der Waals surface area contributed by atoms with Gasteiger partial charge in [0.15, 0.2) is 0 Å². The van der Waals surface area contributed by atoms with Crippen LogP contribution in [-0.4, -0.2) is 36.7 Å². The molecule has 7 heteroatoms. The summed E-state index contributed by atoms with van der Waals surface area (Å²) in [7, 11) is 3.29. The highest BCUT2D eigenvalue weighted by Crippen LogP contribution is 2.39. The second-order valence-electron chi connectivity index (χ2n) is 8.33. The number of methoxy groups -OCH3 is 2. The zero-order chi connectivity index (χ0) is 23.7. The number of rotatable bonds is 5. The second kappa shape index (κ2) is 9.09. The lowest BCUT2D eigenvalue weighted by atomic mass is 9.92. The fraction of sp³-hybridized carbons (Fsp3) is 0.222. The number of hydrogen-bond donors (Lipinski definition) is 2. The molecule has 0 spiro atoms. The number of halogens is 1. The maximum atomic E-state index is 13.4. The minimum Gasteiger partial charge on any atom is -0.497 e. The number of ether oxygens (including phenoxy) is 2. The monoisotopic (exact) mass is 459 g/mol. The lowest BCUT2D eigenvalue weighted by molar-refractivity contribution is 0.179. The Hall–Kier alpha value is -4.00. The standard InChI is InChI=1S/C27H26FN3O3/c1-33-20-9-5-18(6-10-20)26-25-22(23-15-21(34-2)11-12-24(23)30-25)13-14-31(26)27(32)29-16-17-3-7-19(28)8-4-17/h3-12,15,26,30H,13-14,16H2,1-2H3,(H,29,32)/t26-/m1/s1. The molecule has 1 aliphatic rings. The molecule has 0 unspecified atom stereocenters. The molecule has 0 fully saturated rings. The van der Waals surface area contributed by atoms with Crippen LogP contribution in [-0.2, 0) is 13.0 Å². The van der Waals surface area contributed by atoms with Gasteiger partial charge in [0, 0.05) is 29.7 Å². The highest BCUT2D eigenvalue weighted by Gasteiger charge is 2.34. The number of carbonyl (C=O) groups is 1. The van der Waals surface area contributed by atoms with Crippen molar-refractivity contribution in [2.75, 3.05) is 20.8 Å². The number of aromatic nitrogens is 1. The molecule has 2 amide bonds. The third-order valence-electron chi connectivity index (χ3n) is 6.38. The first kappa shape index (κ1) is 21.8. The van der Waals surface area contributed by atoms with Crippen LogP contribution in [0.25, 0.3) is 10.9 Å². The van der Waals surface area contributed by atoms with Gasteiger partial charge in [-0.1, -0.05) is 24.3 Å². The summed E-state index contributed by atoms with van der Waals surface area (Å²) in [5.74, 6) is 1.26. The van der Waals surface area contributed by atoms with Crippen LogP contribution in [0.5, 0.6) is 11.5 Å². The molecule has 3 aromatic carbocycles. The molecule has 0 bridgehead atoms. The van der Waals surface area contributed by atoms with Crippen LogP contribution in [0, 0.1) is 5.82 Å². The molecule has 2 N–H and O–H groups in total. The van der Waals surface area contributed by atoms with Gasteiger partial charge in [-0.05, 0) is 65.6 Å². The number of hydrogen-bond acceptors (Lipinski definition) is 3. The molecule has 1 aliphatic heterocycles. The van der Waals surface area contributed by atoms with Crippen LogP contribution >= 0.6 is 0 Å². The third kappa shape index (κ3) is 4.05. The molecule has 0 radical (unpaired) electrons. The largest absolute Gasteiger partial charge is 0.497 e. The van der Waals surface area contributed by atoms with Gasteiger partial charge in [0.2, 0.25) is 0 Å². The zero-order valence-corrected chi connectivity index (χ0v) is 19.1. The summed E-state index contributed by atoms with van der Waals surface area (Å²) >= 11 is 0. The number of benzene rings is 3. The number of amides is 2. The van der Waals surface area contributed by atoms with E-state index in [1.165, 1.54) is 17.7 Å². The fourth-order valence-electron chi connectivity index (χ4n) is 4.63. The number of H-pyrrole nitrogens is 1. The van der Waals surface area contributed by atoms with Gasteiger partial charge >= 0.3 is 6.03 Å². The Balaban J connectivity index is 1.50. The number of aromatic amines is 1. The lowest BCUT2D eigenvalue weighted by Gasteiger charge is -2.36. The third-order valence-corrected chi connectivity index (χ3v) is 6.38. The molecule has 5 rings (SSSR count). The maximum absolute atomic E-state index is 13.4. The average molecular weight is 460 g/mol. The Labute approximate surface area is 197 Å². The molecule has 6 nitrogen and oxygen atoms in total. The van der Waals surface area contributed by atoms with E-state index < -0.39 is 0 Å². The van der Waals surface area contributed by atoms with Crippen LogP contribution in [0.3, 0.4) is 0 Å². The molecule has 1 aromatic heterocycles. The van der Waals surface area contributed by atoms with Crippen molar-refractivity contribution in [2.45, 2.75) is 19.0 Å². The minimum atomic E-state index is -0.298. The van der Waals surface area contributed by atoms with E-state index in [0.29, 0.717) is 13.1 Å². The second-order valence-corrected chi connectivity index (χ2v) is 8.33. The quantitative estimate of drug-likeness (QED) is 0.432. The minimum absolute atomic E-state index is 0.174. The SMILES string of the molecule is COc1ccc([C@@H]2c3[nH]c4ccc(OC)cc4c3CCN2C(=O)NCc2ccc(F)cc2)cc1. The number of urea groups is 1. The van der Waals surface area contributed by atoms with Crippen LogP contribution in [0.4, 0.5) is 9.18 Å². The smallest absolute Gasteiger partial charge is 0.318 e. The van der Waals surface area contributed by atoms with Crippen molar-refractivity contribution in [2.24, 2.45) is 0 Å². The van der Waals surface area contributed by atoms with E-state index in [2.05, 4.69) is 10.3 Å². The van der Waals surface area contributed by atoms with E-state index in [1.54, 1.807) is 26.4 Å². The van der Waals surface area contributed by atoms with E-state index in [0.717, 1.165) is 45.6 Å². The highest BCUT2D eigenvalue weighted by atomic mass is 19.1. The molecule has 0 saturated heterocycles. The first-order valence-electron chi connectivity index (χ1n) is 11.2. The molecule has 0 aliphatic carbocycles. The summed E-state index contributed by atoms with van der Waals surface area (Å²) < 4.78 is 24.0. The van der Waals surface area contributed by atoms with Crippen LogP contribution in [0.15, 0.2) is 66.7 Å². The van der Waals surface area contributed by atoms with Gasteiger partial charge in [-0.15, -0.1) is 0 Å². The van der Waals surface area contributed by atoms with Crippen LogP contribution in [0.2, 0.25) is 0 Å². The highest BCUT2D eigenvalue weighted by molar-refractivity contribution is 5.87. The normalized spacial score (nSPS) is 15.1. The van der Waals surface area contributed by atoms with Gasteiger partial charge in [-0.25, -0.2) is 9.18 Å². The Bertz CT molecular complexity index is 1320. The molecule has 34 heavy (non-hydrogen) atoms. The molecule has 2 heterocycles. The Morgan fingerprint density at radius 1 is 1.03 bits per heavy atom. The molecule has 4 aromatic rings. The summed E-state index contributed by atoms with van der Waals surface area (Å²) in [6, 6.07) is 19.5. The predicted molar refractivity (Wildman–Crippen MR) is 129 cm³/mol. The van der Waals surface area contributed by atoms with Crippen molar-refractivity contribution in [1.29, 1.82) is 0 Å². The topological polar surface area (TPSA) is 66.6 Å². The van der Waals surface area contributed by atoms with Crippen molar-refractivity contribution in [3.05, 3.63) is 94.9 Å². The summed E-state index contributed by atoms with van der Waals surface area (Å²) in [5.41, 5.74) is 5.02. The number of nitrogens with zero attached hydrogens (tertiary/aromatic N) is 1. The van der Waals surface area contributed by atoms with E-state index >= 15 is 0 Å². The van der Waals surface area contributed by atoms with E-state index in [1.807, 2.05) is 47.4 Å². The molecular weight excluding hydrogens is 433 g/mol. The van der Waals surface area contributed by atoms with Crippen molar-refractivity contribution in [3.63, 3.8) is 0 Å². The first-order chi connectivity index (χ1) is 16.6. The predicted octanol–water partition coefficient (Wildman–Crippen LogP) is 5.18. The number of carbonyl (C=O) groups excluding carboxylic acids is 1. The van der Waals surface area contributed by atoms with E-state index in [4.69, 9.17) is 9.47 Å². The van der Waals surface area contributed by atoms with Crippen molar-refractivity contribution < 1.29 is 18.7 Å². The van der Waals surface area contributed by atoms with Crippen LogP contribution in [0.1, 0.15) is 28.4 Å². The molecule has 1 atom stereocenters. The Kier molecular flexibility index (Phi) is 5.84. The molecule has 0 saturated carbocycles. The average Bonchev–Trinajstić information content (AvgIpc) is 3.25. The first-order valence-corrected chi connectivity index (χ1v) is 11.2. The number of nitrogens with one attached hydrogen (secondary N) is 2. The number of fused-ring (bicyclic) bond motifs is 3. The Morgan fingerprint density at radius 2 is 1.74 bits per heavy atom. The van der Waals surface area contributed by atoms with Crippen molar-refractivity contribution in [3.8, 4) is 11.5 Å². The van der Waals surface area contributed by atoms with Gasteiger partial charge in [0.05, 0.1) is 20.3 Å². The summed E-state index contributed by atoms with van der Waals surface area (Å²) in [5, 5.41) is 4.11. The Morgan fingerprint density at radius 3 is 2.44 bits per heavy atom. The molecular formula is C27H26FN3O3. The van der Waals surface area contributed by atoms with E-state index in [-0.39, 0.29) is 17.9 Å². The van der Waals surface area contributed by atoms with Crippen LogP contribution < -0.4 is 14.8 Å². The summed E-state index contributed by atoms with van der Waals surface area (Å²) in [6.45, 7) is 0.880. The molecule has 174 valence electrons. The van der Waals surface area contributed by atoms with E-state index in [9.17, 15) is 9.18 Å². The van der Waals surface area contributed by atoms with Gasteiger partial charge < -0.3 is 24.7 Å². The van der Waals surface area contributed by atoms with Crippen molar-refractivity contribution >= 4 is 16.9 Å². The van der Waals surface area contributed by atoms with Gasteiger partial charge in [-0.2, -0.15) is 0 Å². The summed E-state index contributed by atoms with van der Waals surface area (Å²) in [6.07, 6.45) is 0.721. The van der Waals surface area contributed by atoms with Gasteiger partial charge in [0.1, 0.15) is 17.3 Å². The maximum Gasteiger partial charge on any atom is 0.318 e. The van der Waals surface area contributed by atoms with Crippen molar-refractivity contribution in [1.82, 2.24) is 15.2 Å². The lowest BCUT2D eigenvalue weighted by Crippen LogP contribution is -2.45. The summed E-state index contributed by atoms with van der Waals surface area (Å²) in [4.78, 5) is 18.8. The zero-order valence-electron chi connectivity index (χ0n) is 19.1. The van der Waals surface area contributed by atoms with Gasteiger partial charge in [0.25, 0.3) is 0 Å². The fourth-order valence-corrected chi connectivity index (χ4v) is 4.63. The van der Waals surface area contributed by atoms with Gasteiger partial charge in [-0.3, -0.25) is 0 Å².